The van der Waals surface area contributed by atoms with Gasteiger partial charge in [-0.15, -0.1) is 5.10 Å². The number of carboxylic acid groups (broad SMARTS) is 1. The van der Waals surface area contributed by atoms with Crippen LogP contribution in [0.1, 0.15) is 5.76 Å². The first-order valence-electron chi connectivity index (χ1n) is 9.77. The first kappa shape index (κ1) is 21.8. The van der Waals surface area contributed by atoms with Crippen molar-refractivity contribution in [1.29, 1.82) is 0 Å². The standard InChI is InChI=1S/C21H22N4O6S/c1-28-15-9-13(10-16(11-15)29-2)19-22-21(24-23-19)32-17(20(26)27)12-14-3-4-18(31-14)25-5-7-30-8-6-25/h3-4,9-12H,5-8H2,1-2H3,(H,26,27)(H,22,23,24)/b17-12-. The third kappa shape index (κ3) is 5.06. The fraction of sp³-hybridized carbons (Fsp3) is 0.286. The molecule has 1 saturated heterocycles. The molecule has 2 aromatic heterocycles. The molecule has 1 aliphatic heterocycles. The molecule has 4 rings (SSSR count). The largest absolute Gasteiger partial charge is 0.497 e. The summed E-state index contributed by atoms with van der Waals surface area (Å²) in [5.74, 6) is 1.68. The maximum Gasteiger partial charge on any atom is 0.342 e. The van der Waals surface area contributed by atoms with Crippen LogP contribution < -0.4 is 14.4 Å². The molecule has 0 aliphatic carbocycles. The summed E-state index contributed by atoms with van der Waals surface area (Å²) in [6, 6.07) is 8.86. The van der Waals surface area contributed by atoms with Gasteiger partial charge in [-0.05, 0) is 30.0 Å². The number of benzene rings is 1. The number of furan rings is 1. The van der Waals surface area contributed by atoms with Crippen molar-refractivity contribution in [3.8, 4) is 22.9 Å². The zero-order valence-corrected chi connectivity index (χ0v) is 18.3. The average Bonchev–Trinajstić information content (AvgIpc) is 3.49. The van der Waals surface area contributed by atoms with Crippen molar-refractivity contribution < 1.29 is 28.5 Å². The summed E-state index contributed by atoms with van der Waals surface area (Å²) in [5.41, 5.74) is 0.697. The number of ether oxygens (including phenoxy) is 3. The number of aliphatic carboxylic acids is 1. The van der Waals surface area contributed by atoms with E-state index in [1.165, 1.54) is 6.08 Å². The molecule has 1 aromatic carbocycles. The van der Waals surface area contributed by atoms with Gasteiger partial charge in [-0.3, -0.25) is 5.10 Å². The van der Waals surface area contributed by atoms with E-state index < -0.39 is 5.97 Å². The number of methoxy groups -OCH3 is 2. The number of carbonyl (C=O) groups is 1. The Bertz CT molecular complexity index is 1100. The van der Waals surface area contributed by atoms with Crippen molar-refractivity contribution in [2.75, 3.05) is 45.4 Å². The van der Waals surface area contributed by atoms with Gasteiger partial charge < -0.3 is 28.6 Å². The van der Waals surface area contributed by atoms with Crippen molar-refractivity contribution in [2.45, 2.75) is 5.16 Å². The number of aromatic nitrogens is 3. The number of morpholine rings is 1. The summed E-state index contributed by atoms with van der Waals surface area (Å²) in [6.07, 6.45) is 1.46. The lowest BCUT2D eigenvalue weighted by Crippen LogP contribution is -2.35. The van der Waals surface area contributed by atoms with Gasteiger partial charge in [-0.25, -0.2) is 9.78 Å². The second kappa shape index (κ2) is 9.79. The van der Waals surface area contributed by atoms with Gasteiger partial charge in [0.2, 0.25) is 5.16 Å². The molecule has 3 heterocycles. The summed E-state index contributed by atoms with van der Waals surface area (Å²) in [4.78, 5) is 18.3. The molecule has 0 amide bonds. The molecule has 10 nitrogen and oxygen atoms in total. The van der Waals surface area contributed by atoms with Crippen LogP contribution in [0.3, 0.4) is 0 Å². The van der Waals surface area contributed by atoms with Crippen LogP contribution in [-0.2, 0) is 9.53 Å². The van der Waals surface area contributed by atoms with E-state index in [9.17, 15) is 9.90 Å². The van der Waals surface area contributed by atoms with Crippen molar-refractivity contribution >= 4 is 29.7 Å². The first-order valence-corrected chi connectivity index (χ1v) is 10.6. The number of nitrogens with zero attached hydrogens (tertiary/aromatic N) is 3. The molecule has 0 atom stereocenters. The average molecular weight is 458 g/mol. The maximum atomic E-state index is 11.8. The molecule has 168 valence electrons. The summed E-state index contributed by atoms with van der Waals surface area (Å²) in [6.45, 7) is 2.72. The van der Waals surface area contributed by atoms with Crippen LogP contribution in [0.15, 0.2) is 44.8 Å². The quantitative estimate of drug-likeness (QED) is 0.384. The minimum atomic E-state index is -1.10. The Labute approximate surface area is 188 Å². The van der Waals surface area contributed by atoms with Crippen molar-refractivity contribution in [1.82, 2.24) is 15.2 Å². The van der Waals surface area contributed by atoms with E-state index in [2.05, 4.69) is 20.1 Å². The Hall–Kier alpha value is -3.44. The van der Waals surface area contributed by atoms with Crippen LogP contribution in [0.5, 0.6) is 11.5 Å². The van der Waals surface area contributed by atoms with Gasteiger partial charge in [0.05, 0.1) is 27.4 Å². The summed E-state index contributed by atoms with van der Waals surface area (Å²) >= 11 is 0.924. The van der Waals surface area contributed by atoms with Gasteiger partial charge >= 0.3 is 5.97 Å². The molecule has 0 bridgehead atoms. The second-order valence-electron chi connectivity index (χ2n) is 6.76. The Morgan fingerprint density at radius 1 is 1.19 bits per heavy atom. The van der Waals surface area contributed by atoms with Gasteiger partial charge in [0, 0.05) is 36.9 Å². The third-order valence-electron chi connectivity index (χ3n) is 4.71. The molecule has 0 saturated carbocycles. The third-order valence-corrected chi connectivity index (χ3v) is 5.59. The van der Waals surface area contributed by atoms with Crippen molar-refractivity contribution in [3.05, 3.63) is 41.0 Å². The molecular formula is C21H22N4O6S. The first-order chi connectivity index (χ1) is 15.6. The number of anilines is 1. The number of H-pyrrole nitrogens is 1. The lowest BCUT2D eigenvalue weighted by Gasteiger charge is -2.26. The highest BCUT2D eigenvalue weighted by Gasteiger charge is 2.18. The lowest BCUT2D eigenvalue weighted by molar-refractivity contribution is -0.131. The van der Waals surface area contributed by atoms with E-state index in [0.29, 0.717) is 47.7 Å². The minimum Gasteiger partial charge on any atom is -0.497 e. The highest BCUT2D eigenvalue weighted by atomic mass is 32.2. The molecule has 32 heavy (non-hydrogen) atoms. The van der Waals surface area contributed by atoms with Crippen LogP contribution in [0.4, 0.5) is 5.88 Å². The zero-order chi connectivity index (χ0) is 22.5. The van der Waals surface area contributed by atoms with Gasteiger partial charge in [0.15, 0.2) is 11.7 Å². The predicted molar refractivity (Wildman–Crippen MR) is 118 cm³/mol. The van der Waals surface area contributed by atoms with Gasteiger partial charge in [-0.1, -0.05) is 0 Å². The Morgan fingerprint density at radius 3 is 2.56 bits per heavy atom. The number of thioether (sulfide) groups is 1. The minimum absolute atomic E-state index is 0.0293. The predicted octanol–water partition coefficient (Wildman–Crippen LogP) is 3.14. The zero-order valence-electron chi connectivity index (χ0n) is 17.5. The normalized spacial score (nSPS) is 14.4. The van der Waals surface area contributed by atoms with Crippen molar-refractivity contribution in [2.24, 2.45) is 0 Å². The fourth-order valence-electron chi connectivity index (χ4n) is 3.10. The van der Waals surface area contributed by atoms with Crippen molar-refractivity contribution in [3.63, 3.8) is 0 Å². The van der Waals surface area contributed by atoms with Crippen LogP contribution in [-0.4, -0.2) is 66.8 Å². The van der Waals surface area contributed by atoms with E-state index in [1.54, 1.807) is 38.5 Å². The molecule has 0 spiro atoms. The fourth-order valence-corrected chi connectivity index (χ4v) is 3.79. The number of rotatable bonds is 8. The summed E-state index contributed by atoms with van der Waals surface area (Å²) in [7, 11) is 3.12. The maximum absolute atomic E-state index is 11.8. The highest BCUT2D eigenvalue weighted by molar-refractivity contribution is 8.04. The Kier molecular flexibility index (Phi) is 6.66. The monoisotopic (exact) mass is 458 g/mol. The lowest BCUT2D eigenvalue weighted by atomic mass is 10.2. The van der Waals surface area contributed by atoms with Gasteiger partial charge in [0.1, 0.15) is 22.2 Å². The number of hydrogen-bond acceptors (Lipinski definition) is 9. The van der Waals surface area contributed by atoms with E-state index in [1.807, 2.05) is 6.07 Å². The summed E-state index contributed by atoms with van der Waals surface area (Å²) in [5, 5.41) is 16.9. The van der Waals surface area contributed by atoms with Crippen LogP contribution >= 0.6 is 11.8 Å². The second-order valence-corrected chi connectivity index (χ2v) is 7.77. The number of aromatic amines is 1. The number of nitrogens with one attached hydrogen (secondary N) is 1. The van der Waals surface area contributed by atoms with Crippen LogP contribution in [0, 0.1) is 0 Å². The highest BCUT2D eigenvalue weighted by Crippen LogP contribution is 2.31. The molecule has 1 aliphatic rings. The van der Waals surface area contributed by atoms with Crippen LogP contribution in [0.2, 0.25) is 0 Å². The molecule has 11 heteroatoms. The van der Waals surface area contributed by atoms with E-state index in [0.717, 1.165) is 24.9 Å². The van der Waals surface area contributed by atoms with E-state index in [4.69, 9.17) is 18.6 Å². The Balaban J connectivity index is 1.53. The number of hydrogen-bond donors (Lipinski definition) is 2. The smallest absolute Gasteiger partial charge is 0.342 e. The molecule has 0 unspecified atom stereocenters. The van der Waals surface area contributed by atoms with E-state index >= 15 is 0 Å². The molecule has 1 fully saturated rings. The molecule has 2 N–H and O–H groups in total. The van der Waals surface area contributed by atoms with Gasteiger partial charge in [0.25, 0.3) is 0 Å². The molecule has 3 aromatic rings. The summed E-state index contributed by atoms with van der Waals surface area (Å²) < 4.78 is 21.7. The van der Waals surface area contributed by atoms with E-state index in [-0.39, 0.29) is 10.1 Å². The Morgan fingerprint density at radius 2 is 1.91 bits per heavy atom. The SMILES string of the molecule is COc1cc(OC)cc(-c2nc(S/C(=C\c3ccc(N4CCOCC4)o3)C(=O)O)n[nH]2)c1. The van der Waals surface area contributed by atoms with Crippen LogP contribution in [0.25, 0.3) is 17.5 Å². The molecule has 0 radical (unpaired) electrons. The van der Waals surface area contributed by atoms with Gasteiger partial charge in [-0.2, -0.15) is 0 Å². The topological polar surface area (TPSA) is 123 Å². The number of carboxylic acids is 1. The molecular weight excluding hydrogens is 436 g/mol.